The summed E-state index contributed by atoms with van der Waals surface area (Å²) in [7, 11) is 0. The lowest BCUT2D eigenvalue weighted by atomic mass is 9.98. The van der Waals surface area contributed by atoms with Crippen molar-refractivity contribution in [3.8, 4) is 0 Å². The van der Waals surface area contributed by atoms with E-state index in [-0.39, 0.29) is 23.5 Å². The van der Waals surface area contributed by atoms with Crippen LogP contribution in [0.4, 0.5) is 0 Å². The van der Waals surface area contributed by atoms with Gasteiger partial charge in [0.05, 0.1) is 5.56 Å². The zero-order valence-corrected chi connectivity index (χ0v) is 16.2. The number of benzene rings is 3. The van der Waals surface area contributed by atoms with Gasteiger partial charge in [-0.15, -0.1) is 0 Å². The molecule has 0 saturated heterocycles. The lowest BCUT2D eigenvalue weighted by Crippen LogP contribution is -2.12. The van der Waals surface area contributed by atoms with Crippen LogP contribution in [0.1, 0.15) is 31.8 Å². The third-order valence-corrected chi connectivity index (χ3v) is 4.71. The second-order valence-electron chi connectivity index (χ2n) is 5.69. The van der Waals surface area contributed by atoms with Gasteiger partial charge in [0.15, 0.2) is 5.78 Å². The van der Waals surface area contributed by atoms with Gasteiger partial charge in [0.1, 0.15) is 6.61 Å². The number of hydrogen-bond acceptors (Lipinski definition) is 3. The lowest BCUT2D eigenvalue weighted by molar-refractivity contribution is 0.0470. The second-order valence-corrected chi connectivity index (χ2v) is 6.97. The van der Waals surface area contributed by atoms with Crippen molar-refractivity contribution in [2.24, 2.45) is 0 Å². The molecule has 0 radical (unpaired) electrons. The SMILES string of the molecule is O=C(OCc1ccc(Cl)cc1Cl)c1ccccc1C(=O)c1ccc(Cl)cc1. The Bertz CT molecular complexity index is 998. The molecule has 0 aliphatic heterocycles. The molecule has 0 fully saturated rings. The molecule has 3 aromatic carbocycles. The van der Waals surface area contributed by atoms with Crippen molar-refractivity contribution < 1.29 is 14.3 Å². The normalized spacial score (nSPS) is 10.5. The van der Waals surface area contributed by atoms with Crippen LogP contribution >= 0.6 is 34.8 Å². The maximum absolute atomic E-state index is 12.8. The van der Waals surface area contributed by atoms with Crippen LogP contribution in [-0.2, 0) is 11.3 Å². The predicted octanol–water partition coefficient (Wildman–Crippen LogP) is 6.23. The molecule has 0 aliphatic rings. The average Bonchev–Trinajstić information content (AvgIpc) is 2.67. The van der Waals surface area contributed by atoms with E-state index in [1.807, 2.05) is 0 Å². The Labute approximate surface area is 171 Å². The fraction of sp³-hybridized carbons (Fsp3) is 0.0476. The first-order valence-corrected chi connectivity index (χ1v) is 9.09. The zero-order valence-electron chi connectivity index (χ0n) is 13.9. The minimum absolute atomic E-state index is 0.0295. The van der Waals surface area contributed by atoms with Crippen molar-refractivity contribution in [2.45, 2.75) is 6.61 Å². The van der Waals surface area contributed by atoms with Crippen molar-refractivity contribution in [2.75, 3.05) is 0 Å². The topological polar surface area (TPSA) is 43.4 Å². The van der Waals surface area contributed by atoms with E-state index in [0.717, 1.165) is 0 Å². The molecular weight excluding hydrogens is 407 g/mol. The Kier molecular flexibility index (Phi) is 6.17. The van der Waals surface area contributed by atoms with Crippen molar-refractivity contribution in [3.63, 3.8) is 0 Å². The Morgan fingerprint density at radius 3 is 2.07 bits per heavy atom. The first-order chi connectivity index (χ1) is 13.0. The van der Waals surface area contributed by atoms with Crippen LogP contribution in [0.15, 0.2) is 66.7 Å². The van der Waals surface area contributed by atoms with Crippen LogP contribution in [0, 0.1) is 0 Å². The first-order valence-electron chi connectivity index (χ1n) is 7.96. The molecule has 3 rings (SSSR count). The van der Waals surface area contributed by atoms with Gasteiger partial charge in [-0.1, -0.05) is 59.1 Å². The molecule has 0 heterocycles. The maximum atomic E-state index is 12.8. The number of carbonyl (C=O) groups is 2. The summed E-state index contributed by atoms with van der Waals surface area (Å²) >= 11 is 17.8. The van der Waals surface area contributed by atoms with Crippen LogP contribution in [-0.4, -0.2) is 11.8 Å². The summed E-state index contributed by atoms with van der Waals surface area (Å²) in [5, 5.41) is 1.42. The summed E-state index contributed by atoms with van der Waals surface area (Å²) in [4.78, 5) is 25.3. The molecule has 0 aromatic heterocycles. The number of halogens is 3. The number of rotatable bonds is 5. The van der Waals surface area contributed by atoms with E-state index >= 15 is 0 Å². The summed E-state index contributed by atoms with van der Waals surface area (Å²) in [6.45, 7) is -0.0295. The summed E-state index contributed by atoms with van der Waals surface area (Å²) in [5.74, 6) is -0.900. The van der Waals surface area contributed by atoms with Crippen LogP contribution in [0.5, 0.6) is 0 Å². The molecule has 136 valence electrons. The fourth-order valence-electron chi connectivity index (χ4n) is 2.48. The Hall–Kier alpha value is -2.33. The highest BCUT2D eigenvalue weighted by atomic mass is 35.5. The first kappa shape index (κ1) is 19.4. The minimum atomic E-state index is -0.612. The minimum Gasteiger partial charge on any atom is -0.457 e. The van der Waals surface area contributed by atoms with E-state index in [2.05, 4.69) is 0 Å². The molecule has 0 unspecified atom stereocenters. The van der Waals surface area contributed by atoms with Crippen molar-refractivity contribution in [1.82, 2.24) is 0 Å². The van der Waals surface area contributed by atoms with Gasteiger partial charge < -0.3 is 4.74 Å². The maximum Gasteiger partial charge on any atom is 0.339 e. The average molecular weight is 420 g/mol. The molecule has 0 saturated carbocycles. The highest BCUT2D eigenvalue weighted by molar-refractivity contribution is 6.35. The van der Waals surface area contributed by atoms with Gasteiger partial charge in [-0.3, -0.25) is 4.79 Å². The van der Waals surface area contributed by atoms with Crippen molar-refractivity contribution >= 4 is 46.6 Å². The Balaban J connectivity index is 1.81. The number of esters is 1. The van der Waals surface area contributed by atoms with E-state index in [0.29, 0.717) is 26.2 Å². The molecule has 0 bridgehead atoms. The van der Waals surface area contributed by atoms with Crippen molar-refractivity contribution in [1.29, 1.82) is 0 Å². The van der Waals surface area contributed by atoms with E-state index in [1.54, 1.807) is 66.7 Å². The van der Waals surface area contributed by atoms with Crippen LogP contribution in [0.3, 0.4) is 0 Å². The molecule has 27 heavy (non-hydrogen) atoms. The van der Waals surface area contributed by atoms with Crippen LogP contribution in [0.25, 0.3) is 0 Å². The molecule has 3 aromatic rings. The largest absolute Gasteiger partial charge is 0.457 e. The number of carbonyl (C=O) groups excluding carboxylic acids is 2. The summed E-state index contributed by atoms with van der Waals surface area (Å²) < 4.78 is 5.34. The summed E-state index contributed by atoms with van der Waals surface area (Å²) in [6.07, 6.45) is 0. The highest BCUT2D eigenvalue weighted by Crippen LogP contribution is 2.23. The standard InChI is InChI=1S/C21H13Cl3O3/c22-15-8-5-13(6-9-15)20(25)17-3-1-2-4-18(17)21(26)27-12-14-7-10-16(23)11-19(14)24/h1-11H,12H2. The lowest BCUT2D eigenvalue weighted by Gasteiger charge is -2.10. The third kappa shape index (κ3) is 4.69. The van der Waals surface area contributed by atoms with E-state index < -0.39 is 5.97 Å². The number of hydrogen-bond donors (Lipinski definition) is 0. The van der Waals surface area contributed by atoms with E-state index in [9.17, 15) is 9.59 Å². The molecular formula is C21H13Cl3O3. The van der Waals surface area contributed by atoms with E-state index in [1.165, 1.54) is 0 Å². The van der Waals surface area contributed by atoms with Gasteiger partial charge in [0.25, 0.3) is 0 Å². The quantitative estimate of drug-likeness (QED) is 0.363. The molecule has 0 amide bonds. The number of ketones is 1. The molecule has 0 spiro atoms. The van der Waals surface area contributed by atoms with Gasteiger partial charge in [0.2, 0.25) is 0 Å². The van der Waals surface area contributed by atoms with Crippen LogP contribution in [0.2, 0.25) is 15.1 Å². The molecule has 0 aliphatic carbocycles. The highest BCUT2D eigenvalue weighted by Gasteiger charge is 2.19. The Morgan fingerprint density at radius 2 is 1.41 bits per heavy atom. The fourth-order valence-corrected chi connectivity index (χ4v) is 3.06. The monoisotopic (exact) mass is 418 g/mol. The summed E-state index contributed by atoms with van der Waals surface area (Å²) in [5.41, 5.74) is 1.49. The summed E-state index contributed by atoms with van der Waals surface area (Å²) in [6, 6.07) is 17.9. The second kappa shape index (κ2) is 8.57. The van der Waals surface area contributed by atoms with Gasteiger partial charge in [-0.05, 0) is 42.5 Å². The van der Waals surface area contributed by atoms with Crippen LogP contribution < -0.4 is 0 Å². The van der Waals surface area contributed by atoms with E-state index in [4.69, 9.17) is 39.5 Å². The molecule has 0 atom stereocenters. The predicted molar refractivity (Wildman–Crippen MR) is 107 cm³/mol. The van der Waals surface area contributed by atoms with Gasteiger partial charge >= 0.3 is 5.97 Å². The third-order valence-electron chi connectivity index (χ3n) is 3.87. The molecule has 3 nitrogen and oxygen atoms in total. The van der Waals surface area contributed by atoms with Gasteiger partial charge in [-0.2, -0.15) is 0 Å². The zero-order chi connectivity index (χ0) is 19.4. The smallest absolute Gasteiger partial charge is 0.339 e. The van der Waals surface area contributed by atoms with Gasteiger partial charge in [0, 0.05) is 31.8 Å². The molecule has 6 heteroatoms. The Morgan fingerprint density at radius 1 is 0.778 bits per heavy atom. The number of ether oxygens (including phenoxy) is 1. The van der Waals surface area contributed by atoms with Gasteiger partial charge in [-0.25, -0.2) is 4.79 Å². The van der Waals surface area contributed by atoms with Crippen molar-refractivity contribution in [3.05, 3.63) is 104 Å². The molecule has 0 N–H and O–H groups in total.